The molecule has 1 aromatic heterocycles. The second kappa shape index (κ2) is 7.16. The van der Waals surface area contributed by atoms with Crippen LogP contribution < -0.4 is 9.62 Å². The molecule has 1 unspecified atom stereocenters. The van der Waals surface area contributed by atoms with Crippen molar-refractivity contribution in [3.8, 4) is 0 Å². The third kappa shape index (κ3) is 4.36. The van der Waals surface area contributed by atoms with Crippen LogP contribution in [0.1, 0.15) is 12.0 Å². The van der Waals surface area contributed by atoms with Crippen molar-refractivity contribution in [1.82, 2.24) is 9.71 Å². The standard InChI is InChI=1S/C16H15BrF3N3O2S/c17-12-2-4-14(5-3-12)26(24,25)22-13-7-8-23(10-13)15-6-1-11(9-21-15)16(18,19)20/h1-6,9,13,22H,7-8,10H2. The topological polar surface area (TPSA) is 62.3 Å². The van der Waals surface area contributed by atoms with Gasteiger partial charge in [0.05, 0.1) is 10.5 Å². The van der Waals surface area contributed by atoms with Gasteiger partial charge < -0.3 is 4.90 Å². The molecule has 0 bridgehead atoms. The van der Waals surface area contributed by atoms with E-state index in [0.717, 1.165) is 16.7 Å². The fourth-order valence-corrected chi connectivity index (χ4v) is 4.23. The molecule has 5 nitrogen and oxygen atoms in total. The van der Waals surface area contributed by atoms with Crippen LogP contribution in [0.3, 0.4) is 0 Å². The smallest absolute Gasteiger partial charge is 0.355 e. The highest BCUT2D eigenvalue weighted by Gasteiger charge is 2.32. The number of hydrogen-bond donors (Lipinski definition) is 1. The van der Waals surface area contributed by atoms with Crippen molar-refractivity contribution in [2.75, 3.05) is 18.0 Å². The SMILES string of the molecule is O=S(=O)(NC1CCN(c2ccc(C(F)(F)F)cn2)C1)c1ccc(Br)cc1. The summed E-state index contributed by atoms with van der Waals surface area (Å²) in [5.74, 6) is 0.392. The van der Waals surface area contributed by atoms with E-state index in [4.69, 9.17) is 0 Å². The number of nitrogens with zero attached hydrogens (tertiary/aromatic N) is 2. The molecule has 0 amide bonds. The molecular formula is C16H15BrF3N3O2S. The number of anilines is 1. The molecule has 10 heteroatoms. The van der Waals surface area contributed by atoms with Crippen molar-refractivity contribution in [2.24, 2.45) is 0 Å². The first-order chi connectivity index (χ1) is 12.1. The lowest BCUT2D eigenvalue weighted by Crippen LogP contribution is -2.37. The molecule has 2 heterocycles. The molecule has 1 aliphatic heterocycles. The number of rotatable bonds is 4. The lowest BCUT2D eigenvalue weighted by atomic mass is 10.3. The van der Waals surface area contributed by atoms with Crippen LogP contribution in [0.25, 0.3) is 0 Å². The highest BCUT2D eigenvalue weighted by Crippen LogP contribution is 2.30. The Kier molecular flexibility index (Phi) is 5.27. The Morgan fingerprint density at radius 2 is 1.85 bits per heavy atom. The van der Waals surface area contributed by atoms with Crippen molar-refractivity contribution in [3.05, 3.63) is 52.6 Å². The molecule has 1 aliphatic rings. The molecule has 0 radical (unpaired) electrons. The Labute approximate surface area is 157 Å². The maximum atomic E-state index is 12.6. The minimum Gasteiger partial charge on any atom is -0.355 e. The third-order valence-corrected chi connectivity index (χ3v) is 6.10. The van der Waals surface area contributed by atoms with E-state index in [9.17, 15) is 21.6 Å². The summed E-state index contributed by atoms with van der Waals surface area (Å²) in [5, 5.41) is 0. The largest absolute Gasteiger partial charge is 0.417 e. The van der Waals surface area contributed by atoms with Gasteiger partial charge in [0.2, 0.25) is 10.0 Å². The van der Waals surface area contributed by atoms with Gasteiger partial charge in [-0.1, -0.05) is 15.9 Å². The Morgan fingerprint density at radius 1 is 1.15 bits per heavy atom. The summed E-state index contributed by atoms with van der Waals surface area (Å²) in [6, 6.07) is 8.21. The number of nitrogens with one attached hydrogen (secondary N) is 1. The molecule has 26 heavy (non-hydrogen) atoms. The van der Waals surface area contributed by atoms with Gasteiger partial charge in [-0.3, -0.25) is 0 Å². The molecule has 3 rings (SSSR count). The van der Waals surface area contributed by atoms with Crippen molar-refractivity contribution in [2.45, 2.75) is 23.5 Å². The quantitative estimate of drug-likeness (QED) is 0.776. The molecule has 1 saturated heterocycles. The molecule has 0 aliphatic carbocycles. The Hall–Kier alpha value is -1.65. The Morgan fingerprint density at radius 3 is 2.42 bits per heavy atom. The van der Waals surface area contributed by atoms with Crippen LogP contribution >= 0.6 is 15.9 Å². The first kappa shape index (κ1) is 19.1. The summed E-state index contributed by atoms with van der Waals surface area (Å²) < 4.78 is 66.0. The number of aromatic nitrogens is 1. The highest BCUT2D eigenvalue weighted by molar-refractivity contribution is 9.10. The van der Waals surface area contributed by atoms with Crippen molar-refractivity contribution < 1.29 is 21.6 Å². The summed E-state index contributed by atoms with van der Waals surface area (Å²) >= 11 is 3.25. The van der Waals surface area contributed by atoms with Gasteiger partial charge in [0.15, 0.2) is 0 Å². The van der Waals surface area contributed by atoms with Crippen LogP contribution in [0.15, 0.2) is 52.0 Å². The van der Waals surface area contributed by atoms with Crippen LogP contribution in [-0.4, -0.2) is 32.5 Å². The highest BCUT2D eigenvalue weighted by atomic mass is 79.9. The lowest BCUT2D eigenvalue weighted by Gasteiger charge is -2.18. The minimum absolute atomic E-state index is 0.159. The van der Waals surface area contributed by atoms with Crippen LogP contribution in [0.2, 0.25) is 0 Å². The van der Waals surface area contributed by atoms with Crippen molar-refractivity contribution in [1.29, 1.82) is 0 Å². The molecule has 1 atom stereocenters. The number of benzene rings is 1. The van der Waals surface area contributed by atoms with Crippen LogP contribution in [-0.2, 0) is 16.2 Å². The molecule has 1 fully saturated rings. The number of sulfonamides is 1. The fourth-order valence-electron chi connectivity index (χ4n) is 2.71. The van der Waals surface area contributed by atoms with E-state index >= 15 is 0 Å². The molecule has 1 aromatic carbocycles. The molecular weight excluding hydrogens is 435 g/mol. The minimum atomic E-state index is -4.43. The molecule has 2 aromatic rings. The van der Waals surface area contributed by atoms with Gasteiger partial charge in [-0.25, -0.2) is 18.1 Å². The zero-order valence-electron chi connectivity index (χ0n) is 13.4. The maximum absolute atomic E-state index is 12.6. The third-order valence-electron chi connectivity index (χ3n) is 4.03. The zero-order chi connectivity index (χ0) is 18.9. The average Bonchev–Trinajstić information content (AvgIpc) is 3.02. The van der Waals surface area contributed by atoms with E-state index in [0.29, 0.717) is 25.3 Å². The normalized spacial score (nSPS) is 18.3. The Balaban J connectivity index is 1.66. The van der Waals surface area contributed by atoms with Gasteiger partial charge >= 0.3 is 6.18 Å². The molecule has 1 N–H and O–H groups in total. The molecule has 0 spiro atoms. The van der Waals surface area contributed by atoms with E-state index in [1.54, 1.807) is 17.0 Å². The van der Waals surface area contributed by atoms with E-state index in [2.05, 4.69) is 25.6 Å². The van der Waals surface area contributed by atoms with E-state index in [1.807, 2.05) is 0 Å². The number of pyridine rings is 1. The van der Waals surface area contributed by atoms with Gasteiger partial charge in [-0.05, 0) is 42.8 Å². The molecule has 0 saturated carbocycles. The maximum Gasteiger partial charge on any atom is 0.417 e. The van der Waals surface area contributed by atoms with Crippen LogP contribution in [0.5, 0.6) is 0 Å². The zero-order valence-corrected chi connectivity index (χ0v) is 15.8. The lowest BCUT2D eigenvalue weighted by molar-refractivity contribution is -0.137. The number of hydrogen-bond acceptors (Lipinski definition) is 4. The second-order valence-electron chi connectivity index (χ2n) is 5.91. The Bertz CT molecular complexity index is 871. The van der Waals surface area contributed by atoms with E-state index in [1.165, 1.54) is 18.2 Å². The van der Waals surface area contributed by atoms with Gasteiger partial charge in [-0.2, -0.15) is 13.2 Å². The summed E-state index contributed by atoms with van der Waals surface area (Å²) in [6.07, 6.45) is -3.10. The van der Waals surface area contributed by atoms with Crippen molar-refractivity contribution >= 4 is 31.8 Å². The summed E-state index contributed by atoms with van der Waals surface area (Å²) in [5.41, 5.74) is -0.812. The predicted molar refractivity (Wildman–Crippen MR) is 94.3 cm³/mol. The number of halogens is 4. The fraction of sp³-hybridized carbons (Fsp3) is 0.312. The van der Waals surface area contributed by atoms with Gasteiger partial charge in [0.25, 0.3) is 0 Å². The number of alkyl halides is 3. The summed E-state index contributed by atoms with van der Waals surface area (Å²) in [6.45, 7) is 0.847. The van der Waals surface area contributed by atoms with Gasteiger partial charge in [0, 0.05) is 29.8 Å². The van der Waals surface area contributed by atoms with Crippen LogP contribution in [0.4, 0.5) is 19.0 Å². The second-order valence-corrected chi connectivity index (χ2v) is 8.54. The average molecular weight is 450 g/mol. The van der Waals surface area contributed by atoms with Crippen molar-refractivity contribution in [3.63, 3.8) is 0 Å². The predicted octanol–water partition coefficient (Wildman–Crippen LogP) is 3.42. The van der Waals surface area contributed by atoms with E-state index in [-0.39, 0.29) is 10.9 Å². The van der Waals surface area contributed by atoms with Gasteiger partial charge in [-0.15, -0.1) is 0 Å². The van der Waals surface area contributed by atoms with Gasteiger partial charge in [0.1, 0.15) is 5.82 Å². The van der Waals surface area contributed by atoms with E-state index < -0.39 is 21.8 Å². The first-order valence-corrected chi connectivity index (χ1v) is 9.99. The summed E-state index contributed by atoms with van der Waals surface area (Å²) in [7, 11) is -3.66. The first-order valence-electron chi connectivity index (χ1n) is 7.71. The molecule has 140 valence electrons. The van der Waals surface area contributed by atoms with Crippen LogP contribution in [0, 0.1) is 0 Å². The summed E-state index contributed by atoms with van der Waals surface area (Å²) in [4.78, 5) is 5.77. The monoisotopic (exact) mass is 449 g/mol.